The van der Waals surface area contributed by atoms with Crippen molar-refractivity contribution in [3.63, 3.8) is 0 Å². The van der Waals surface area contributed by atoms with Gasteiger partial charge in [-0.3, -0.25) is 0 Å². The maximum atomic E-state index is 8.65. The van der Waals surface area contributed by atoms with Crippen LogP contribution in [0.4, 0.5) is 0 Å². The first-order chi connectivity index (χ1) is 7.78. The molecule has 16 heavy (non-hydrogen) atoms. The number of nitrogens with two attached hydrogens (primary N) is 1. The van der Waals surface area contributed by atoms with Crippen LogP contribution in [0.3, 0.4) is 0 Å². The van der Waals surface area contributed by atoms with E-state index in [-0.39, 0.29) is 0 Å². The van der Waals surface area contributed by atoms with Crippen molar-refractivity contribution in [2.45, 2.75) is 30.3 Å². The zero-order chi connectivity index (χ0) is 11.4. The molecule has 2 atom stereocenters. The number of hydrogen-bond donors (Lipinski definition) is 1. The highest BCUT2D eigenvalue weighted by molar-refractivity contribution is 7.99. The number of rotatable bonds is 3. The molecule has 1 aromatic rings. The summed E-state index contributed by atoms with van der Waals surface area (Å²) in [5.41, 5.74) is 6.49. The molecule has 84 valence electrons. The van der Waals surface area contributed by atoms with E-state index in [9.17, 15) is 0 Å². The quantitative estimate of drug-likeness (QED) is 0.813. The van der Waals surface area contributed by atoms with Crippen LogP contribution in [-0.2, 0) is 0 Å². The molecule has 0 aromatic carbocycles. The standard InChI is InChI=1S/C12H15N3S/c13-6-10-2-4-12(15-7-10)16-8-9-1-3-11(14)5-9/h2,4,7,9,11H,1,3,5,8,14H2. The Morgan fingerprint density at radius 2 is 2.38 bits per heavy atom. The summed E-state index contributed by atoms with van der Waals surface area (Å²) >= 11 is 1.76. The van der Waals surface area contributed by atoms with E-state index in [2.05, 4.69) is 11.1 Å². The van der Waals surface area contributed by atoms with E-state index < -0.39 is 0 Å². The largest absolute Gasteiger partial charge is 0.328 e. The van der Waals surface area contributed by atoms with Crippen molar-refractivity contribution in [3.05, 3.63) is 23.9 Å². The maximum Gasteiger partial charge on any atom is 0.101 e. The summed E-state index contributed by atoms with van der Waals surface area (Å²) in [6, 6.07) is 6.20. The Labute approximate surface area is 100 Å². The van der Waals surface area contributed by atoms with Gasteiger partial charge < -0.3 is 5.73 Å². The molecule has 1 aromatic heterocycles. The summed E-state index contributed by atoms with van der Waals surface area (Å²) in [4.78, 5) is 4.24. The summed E-state index contributed by atoms with van der Waals surface area (Å²) in [6.07, 6.45) is 5.17. The summed E-state index contributed by atoms with van der Waals surface area (Å²) in [6.45, 7) is 0. The van der Waals surface area contributed by atoms with Crippen LogP contribution in [0.2, 0.25) is 0 Å². The fourth-order valence-corrected chi connectivity index (χ4v) is 3.00. The molecule has 2 unspecified atom stereocenters. The number of pyridine rings is 1. The van der Waals surface area contributed by atoms with Crippen molar-refractivity contribution in [1.82, 2.24) is 4.98 Å². The average Bonchev–Trinajstić information content (AvgIpc) is 2.73. The van der Waals surface area contributed by atoms with Gasteiger partial charge in [-0.25, -0.2) is 4.98 Å². The molecule has 2 rings (SSSR count). The maximum absolute atomic E-state index is 8.65. The van der Waals surface area contributed by atoms with Gasteiger partial charge in [0.15, 0.2) is 0 Å². The minimum atomic E-state index is 0.402. The third-order valence-electron chi connectivity index (χ3n) is 2.91. The first-order valence-corrected chi connectivity index (χ1v) is 6.51. The summed E-state index contributed by atoms with van der Waals surface area (Å²) in [7, 11) is 0. The van der Waals surface area contributed by atoms with Crippen molar-refractivity contribution in [3.8, 4) is 6.07 Å². The number of thioether (sulfide) groups is 1. The molecular formula is C12H15N3S. The molecule has 0 aliphatic heterocycles. The molecule has 0 saturated heterocycles. The fourth-order valence-electron chi connectivity index (χ4n) is 2.00. The molecule has 0 amide bonds. The first-order valence-electron chi connectivity index (χ1n) is 5.52. The second kappa shape index (κ2) is 5.33. The monoisotopic (exact) mass is 233 g/mol. The van der Waals surface area contributed by atoms with Crippen LogP contribution in [0.15, 0.2) is 23.4 Å². The predicted octanol–water partition coefficient (Wildman–Crippen LogP) is 2.17. The number of aromatic nitrogens is 1. The van der Waals surface area contributed by atoms with Crippen LogP contribution in [0.5, 0.6) is 0 Å². The lowest BCUT2D eigenvalue weighted by Crippen LogP contribution is -2.15. The number of nitrogens with zero attached hydrogens (tertiary/aromatic N) is 2. The van der Waals surface area contributed by atoms with Crippen LogP contribution in [0.25, 0.3) is 0 Å². The Morgan fingerprint density at radius 3 is 2.94 bits per heavy atom. The van der Waals surface area contributed by atoms with Gasteiger partial charge in [0.25, 0.3) is 0 Å². The molecule has 0 radical (unpaired) electrons. The van der Waals surface area contributed by atoms with Gasteiger partial charge in [0.1, 0.15) is 6.07 Å². The van der Waals surface area contributed by atoms with E-state index in [0.29, 0.717) is 11.6 Å². The van der Waals surface area contributed by atoms with Gasteiger partial charge in [0.2, 0.25) is 0 Å². The minimum absolute atomic E-state index is 0.402. The Hall–Kier alpha value is -1.05. The second-order valence-corrected chi connectivity index (χ2v) is 5.29. The van der Waals surface area contributed by atoms with E-state index in [1.165, 1.54) is 6.42 Å². The molecule has 0 bridgehead atoms. The first kappa shape index (κ1) is 11.4. The lowest BCUT2D eigenvalue weighted by Gasteiger charge is -2.07. The van der Waals surface area contributed by atoms with Crippen molar-refractivity contribution >= 4 is 11.8 Å². The van der Waals surface area contributed by atoms with Crippen LogP contribution in [0, 0.1) is 17.2 Å². The van der Waals surface area contributed by atoms with Crippen LogP contribution < -0.4 is 5.73 Å². The van der Waals surface area contributed by atoms with Crippen molar-refractivity contribution in [2.75, 3.05) is 5.75 Å². The highest BCUT2D eigenvalue weighted by Crippen LogP contribution is 2.29. The third-order valence-corrected chi connectivity index (χ3v) is 4.09. The number of nitriles is 1. The van der Waals surface area contributed by atoms with E-state index in [4.69, 9.17) is 11.0 Å². The highest BCUT2D eigenvalue weighted by atomic mass is 32.2. The van der Waals surface area contributed by atoms with Gasteiger partial charge in [-0.15, -0.1) is 11.8 Å². The van der Waals surface area contributed by atoms with Crippen molar-refractivity contribution in [2.24, 2.45) is 11.7 Å². The van der Waals surface area contributed by atoms with Crippen molar-refractivity contribution in [1.29, 1.82) is 5.26 Å². The van der Waals surface area contributed by atoms with Gasteiger partial charge in [0.05, 0.1) is 10.6 Å². The molecule has 1 saturated carbocycles. The van der Waals surface area contributed by atoms with Gasteiger partial charge >= 0.3 is 0 Å². The molecular weight excluding hydrogens is 218 g/mol. The topological polar surface area (TPSA) is 62.7 Å². The zero-order valence-electron chi connectivity index (χ0n) is 9.10. The molecule has 4 heteroatoms. The summed E-state index contributed by atoms with van der Waals surface area (Å²) < 4.78 is 0. The Morgan fingerprint density at radius 1 is 1.50 bits per heavy atom. The molecule has 1 aliphatic carbocycles. The predicted molar refractivity (Wildman–Crippen MR) is 65.0 cm³/mol. The number of hydrogen-bond acceptors (Lipinski definition) is 4. The third kappa shape index (κ3) is 2.97. The summed E-state index contributed by atoms with van der Waals surface area (Å²) in [5, 5.41) is 9.65. The van der Waals surface area contributed by atoms with Gasteiger partial charge in [-0.1, -0.05) is 0 Å². The summed E-state index contributed by atoms with van der Waals surface area (Å²) in [5.74, 6) is 1.82. The second-order valence-electron chi connectivity index (χ2n) is 4.25. The van der Waals surface area contributed by atoms with Crippen LogP contribution >= 0.6 is 11.8 Å². The SMILES string of the molecule is N#Cc1ccc(SCC2CCC(N)C2)nc1. The Bertz CT molecular complexity index is 382. The molecule has 1 fully saturated rings. The average molecular weight is 233 g/mol. The highest BCUT2D eigenvalue weighted by Gasteiger charge is 2.21. The molecule has 3 nitrogen and oxygen atoms in total. The normalized spacial score (nSPS) is 24.2. The molecule has 0 spiro atoms. The van der Waals surface area contributed by atoms with Gasteiger partial charge in [-0.2, -0.15) is 5.26 Å². The van der Waals surface area contributed by atoms with Crippen LogP contribution in [0.1, 0.15) is 24.8 Å². The zero-order valence-corrected chi connectivity index (χ0v) is 9.91. The minimum Gasteiger partial charge on any atom is -0.328 e. The Kier molecular flexibility index (Phi) is 3.81. The lowest BCUT2D eigenvalue weighted by molar-refractivity contribution is 0.603. The lowest BCUT2D eigenvalue weighted by atomic mass is 10.1. The van der Waals surface area contributed by atoms with Gasteiger partial charge in [-0.05, 0) is 37.3 Å². The van der Waals surface area contributed by atoms with Crippen LogP contribution in [-0.4, -0.2) is 16.8 Å². The molecule has 2 N–H and O–H groups in total. The molecule has 1 aliphatic rings. The van der Waals surface area contributed by atoms with Gasteiger partial charge in [0, 0.05) is 18.0 Å². The van der Waals surface area contributed by atoms with E-state index in [0.717, 1.165) is 29.5 Å². The van der Waals surface area contributed by atoms with Crippen molar-refractivity contribution < 1.29 is 0 Å². The van der Waals surface area contributed by atoms with E-state index >= 15 is 0 Å². The van der Waals surface area contributed by atoms with E-state index in [1.54, 1.807) is 18.0 Å². The smallest absolute Gasteiger partial charge is 0.101 e. The molecule has 1 heterocycles. The fraction of sp³-hybridized carbons (Fsp3) is 0.500. The Balaban J connectivity index is 1.83. The van der Waals surface area contributed by atoms with E-state index in [1.807, 2.05) is 12.1 Å².